The predicted octanol–water partition coefficient (Wildman–Crippen LogP) is 3.90. The van der Waals surface area contributed by atoms with Gasteiger partial charge >= 0.3 is 7.60 Å². The van der Waals surface area contributed by atoms with Gasteiger partial charge in [0.2, 0.25) is 11.8 Å². The van der Waals surface area contributed by atoms with Gasteiger partial charge in [-0.25, -0.2) is 4.90 Å². The fourth-order valence-electron chi connectivity index (χ4n) is 4.43. The average molecular weight is 471 g/mol. The van der Waals surface area contributed by atoms with Gasteiger partial charge in [0.1, 0.15) is 0 Å². The molecule has 0 bridgehead atoms. The topological polar surface area (TPSA) is 128 Å². The summed E-state index contributed by atoms with van der Waals surface area (Å²) >= 11 is 0. The van der Waals surface area contributed by atoms with E-state index in [2.05, 4.69) is 4.99 Å². The number of benzene rings is 2. The van der Waals surface area contributed by atoms with Crippen molar-refractivity contribution >= 4 is 37.0 Å². The maximum absolute atomic E-state index is 14.2. The highest BCUT2D eigenvalue weighted by Crippen LogP contribution is 2.72. The van der Waals surface area contributed by atoms with Crippen molar-refractivity contribution in [1.29, 1.82) is 0 Å². The molecule has 4 rings (SSSR count). The molecule has 2 aliphatic heterocycles. The number of imide groups is 1. The van der Waals surface area contributed by atoms with Crippen LogP contribution in [-0.4, -0.2) is 36.2 Å². The first-order valence-corrected chi connectivity index (χ1v) is 12.0. The number of anilines is 1. The molecule has 2 aromatic rings. The number of nitro groups is 1. The number of carbonyl (C=O) groups is 2. The van der Waals surface area contributed by atoms with Crippen LogP contribution in [0.2, 0.25) is 0 Å². The van der Waals surface area contributed by atoms with E-state index in [9.17, 15) is 24.3 Å². The largest absolute Gasteiger partial charge is 0.363 e. The van der Waals surface area contributed by atoms with Gasteiger partial charge in [0.15, 0.2) is 5.28 Å². The number of rotatable bonds is 8. The van der Waals surface area contributed by atoms with Gasteiger partial charge in [0, 0.05) is 18.3 Å². The van der Waals surface area contributed by atoms with E-state index in [0.29, 0.717) is 5.56 Å². The molecule has 172 valence electrons. The first kappa shape index (κ1) is 23.0. The number of hydrogen-bond acceptors (Lipinski definition) is 8. The summed E-state index contributed by atoms with van der Waals surface area (Å²) in [7, 11) is -4.08. The lowest BCUT2D eigenvalue weighted by Gasteiger charge is -2.37. The molecule has 11 heteroatoms. The molecule has 0 N–H and O–H groups in total. The molecule has 0 saturated carbocycles. The maximum Gasteiger partial charge on any atom is 0.363 e. The number of fused-ring (bicyclic) bond motifs is 1. The van der Waals surface area contributed by atoms with E-state index in [-0.39, 0.29) is 24.6 Å². The molecule has 3 unspecified atom stereocenters. The summed E-state index contributed by atoms with van der Waals surface area (Å²) in [5.41, 5.74) is 0.448. The van der Waals surface area contributed by atoms with Crippen molar-refractivity contribution in [1.82, 2.24) is 0 Å². The minimum atomic E-state index is -4.08. The van der Waals surface area contributed by atoms with E-state index >= 15 is 0 Å². The van der Waals surface area contributed by atoms with Crippen LogP contribution in [0.1, 0.15) is 19.4 Å². The second-order valence-electron chi connectivity index (χ2n) is 7.49. The van der Waals surface area contributed by atoms with Crippen LogP contribution in [-0.2, 0) is 28.5 Å². The van der Waals surface area contributed by atoms with Crippen LogP contribution in [0.25, 0.3) is 0 Å². The van der Waals surface area contributed by atoms with Crippen LogP contribution in [0.3, 0.4) is 0 Å². The number of carbonyl (C=O) groups excluding carboxylic acids is 2. The molecule has 1 fully saturated rings. The van der Waals surface area contributed by atoms with Crippen molar-refractivity contribution < 1.29 is 28.1 Å². The fourth-order valence-corrected chi connectivity index (χ4v) is 6.86. The van der Waals surface area contributed by atoms with E-state index < -0.39 is 41.4 Å². The smallest absolute Gasteiger partial charge is 0.307 e. The van der Waals surface area contributed by atoms with Gasteiger partial charge in [-0.1, -0.05) is 30.3 Å². The Morgan fingerprint density at radius 1 is 1.03 bits per heavy atom. The molecule has 0 radical (unpaired) electrons. The first-order chi connectivity index (χ1) is 15.8. The Kier molecular flexibility index (Phi) is 6.00. The molecule has 33 heavy (non-hydrogen) atoms. The Morgan fingerprint density at radius 3 is 2.18 bits per heavy atom. The van der Waals surface area contributed by atoms with Gasteiger partial charge < -0.3 is 9.05 Å². The summed E-state index contributed by atoms with van der Waals surface area (Å²) in [6, 6.07) is 13.7. The summed E-state index contributed by atoms with van der Waals surface area (Å²) in [6.07, 6.45) is 1.34. The molecule has 3 atom stereocenters. The Morgan fingerprint density at radius 2 is 1.64 bits per heavy atom. The number of nitrogens with zero attached hydrogens (tertiary/aromatic N) is 3. The molecule has 0 aromatic heterocycles. The van der Waals surface area contributed by atoms with Gasteiger partial charge in [-0.2, -0.15) is 0 Å². The Hall–Kier alpha value is -3.20. The fraction of sp³-hybridized carbons (Fsp3) is 0.318. The zero-order chi connectivity index (χ0) is 23.8. The average Bonchev–Trinajstić information content (AvgIpc) is 3.33. The lowest BCUT2D eigenvalue weighted by molar-refractivity contribution is -0.384. The summed E-state index contributed by atoms with van der Waals surface area (Å²) in [5, 5.41) is 9.24. The van der Waals surface area contributed by atoms with Crippen LogP contribution < -0.4 is 4.90 Å². The number of amides is 2. The van der Waals surface area contributed by atoms with Crippen molar-refractivity contribution in [2.45, 2.75) is 19.1 Å². The van der Waals surface area contributed by atoms with Gasteiger partial charge in [0.05, 0.1) is 35.7 Å². The molecule has 2 aromatic carbocycles. The highest BCUT2D eigenvalue weighted by Gasteiger charge is 2.69. The molecule has 2 heterocycles. The molecule has 0 spiro atoms. The normalized spacial score (nSPS) is 24.4. The standard InChI is InChI=1S/C22H22N3O7P/c1-3-31-33(30,32-4-2)22(15-8-6-5-7-9-15)19-18(14-23-22)20(26)24(21(19)27)16-10-12-17(13-11-16)25(28)29/h5-14,18-19H,3-4H2,1-2H3. The van der Waals surface area contributed by atoms with E-state index in [1.807, 2.05) is 0 Å². The number of non-ortho nitro benzene ring substituents is 1. The predicted molar refractivity (Wildman–Crippen MR) is 120 cm³/mol. The van der Waals surface area contributed by atoms with Gasteiger partial charge in [0.25, 0.3) is 5.69 Å². The van der Waals surface area contributed by atoms with Crippen molar-refractivity contribution in [2.75, 3.05) is 18.1 Å². The second-order valence-corrected chi connectivity index (χ2v) is 9.69. The highest BCUT2D eigenvalue weighted by atomic mass is 31.2. The Bertz CT molecular complexity index is 1160. The zero-order valence-electron chi connectivity index (χ0n) is 18.0. The van der Waals surface area contributed by atoms with E-state index in [4.69, 9.17) is 9.05 Å². The summed E-state index contributed by atoms with van der Waals surface area (Å²) in [6.45, 7) is 3.41. The summed E-state index contributed by atoms with van der Waals surface area (Å²) in [5.74, 6) is -3.33. The number of hydrogen-bond donors (Lipinski definition) is 0. The molecule has 0 aliphatic carbocycles. The van der Waals surface area contributed by atoms with E-state index in [1.165, 1.54) is 30.5 Å². The first-order valence-electron chi connectivity index (χ1n) is 10.4. The summed E-state index contributed by atoms with van der Waals surface area (Å²) in [4.78, 5) is 42.9. The van der Waals surface area contributed by atoms with Crippen LogP contribution >= 0.6 is 7.60 Å². The van der Waals surface area contributed by atoms with Gasteiger partial charge in [-0.05, 0) is 31.5 Å². The van der Waals surface area contributed by atoms with Crippen molar-refractivity contribution in [3.8, 4) is 0 Å². The van der Waals surface area contributed by atoms with E-state index in [0.717, 1.165) is 4.90 Å². The maximum atomic E-state index is 14.2. The summed E-state index contributed by atoms with van der Waals surface area (Å²) < 4.78 is 25.5. The Balaban J connectivity index is 1.86. The lowest BCUT2D eigenvalue weighted by atomic mass is 9.87. The van der Waals surface area contributed by atoms with Crippen LogP contribution in [0.5, 0.6) is 0 Å². The van der Waals surface area contributed by atoms with Gasteiger partial charge in [-0.15, -0.1) is 0 Å². The highest BCUT2D eigenvalue weighted by molar-refractivity contribution is 7.55. The minimum Gasteiger partial charge on any atom is -0.307 e. The lowest BCUT2D eigenvalue weighted by Crippen LogP contribution is -2.40. The Labute approximate surface area is 189 Å². The zero-order valence-corrected chi connectivity index (χ0v) is 18.9. The third-order valence-electron chi connectivity index (χ3n) is 5.75. The minimum absolute atomic E-state index is 0.0486. The van der Waals surface area contributed by atoms with Crippen molar-refractivity contribution in [3.05, 3.63) is 70.3 Å². The molecular formula is C22H22N3O7P. The van der Waals surface area contributed by atoms with E-state index in [1.54, 1.807) is 44.2 Å². The van der Waals surface area contributed by atoms with Crippen molar-refractivity contribution in [3.63, 3.8) is 0 Å². The number of nitro benzene ring substituents is 1. The second kappa shape index (κ2) is 8.62. The quantitative estimate of drug-likeness (QED) is 0.247. The van der Waals surface area contributed by atoms with Gasteiger partial charge in [-0.3, -0.25) is 29.3 Å². The SMILES string of the molecule is CCOP(=O)(OCC)C1(c2ccccc2)N=CC2C(=O)N(c3ccc([N+](=O)[O-])cc3)C(=O)C21. The monoisotopic (exact) mass is 471 g/mol. The van der Waals surface area contributed by atoms with Crippen molar-refractivity contribution in [2.24, 2.45) is 16.8 Å². The van der Waals surface area contributed by atoms with Crippen LogP contribution in [0, 0.1) is 22.0 Å². The third kappa shape index (κ3) is 3.42. The van der Waals surface area contributed by atoms with Crippen LogP contribution in [0.4, 0.5) is 11.4 Å². The van der Waals surface area contributed by atoms with Crippen LogP contribution in [0.15, 0.2) is 59.6 Å². The molecule has 10 nitrogen and oxygen atoms in total. The molecule has 2 amide bonds. The molecule has 2 aliphatic rings. The third-order valence-corrected chi connectivity index (χ3v) is 8.43. The molecular weight excluding hydrogens is 449 g/mol. The molecule has 1 saturated heterocycles. The number of aliphatic imine (C=N–C) groups is 1.